The lowest BCUT2D eigenvalue weighted by molar-refractivity contribution is -0.121. The van der Waals surface area contributed by atoms with Crippen molar-refractivity contribution in [1.82, 2.24) is 15.2 Å². The normalized spacial score (nSPS) is 23.4. The molecule has 0 aromatic carbocycles. The van der Waals surface area contributed by atoms with Gasteiger partial charge in [0.25, 0.3) is 0 Å². The molecule has 2 aliphatic rings. The van der Waals surface area contributed by atoms with Crippen molar-refractivity contribution >= 4 is 5.91 Å². The van der Waals surface area contributed by atoms with Gasteiger partial charge in [0.2, 0.25) is 5.91 Å². The van der Waals surface area contributed by atoms with Crippen LogP contribution in [0.15, 0.2) is 0 Å². The number of nitrogens with zero attached hydrogens (tertiary/aromatic N) is 2. The van der Waals surface area contributed by atoms with E-state index in [4.69, 9.17) is 5.84 Å². The Bertz CT molecular complexity index is 258. The van der Waals surface area contributed by atoms with Gasteiger partial charge in [0.05, 0.1) is 0 Å². The summed E-state index contributed by atoms with van der Waals surface area (Å²) in [5.41, 5.74) is 2.18. The van der Waals surface area contributed by atoms with Gasteiger partial charge in [-0.1, -0.05) is 12.8 Å². The smallest absolute Gasteiger partial charge is 0.233 e. The van der Waals surface area contributed by atoms with Crippen LogP contribution in [0.1, 0.15) is 38.5 Å². The molecule has 1 saturated heterocycles. The van der Waals surface area contributed by atoms with Gasteiger partial charge in [0, 0.05) is 38.6 Å². The molecular formula is C13H26N4O. The highest BCUT2D eigenvalue weighted by Crippen LogP contribution is 2.24. The number of rotatable bonds is 5. The first-order chi connectivity index (χ1) is 8.79. The molecule has 0 radical (unpaired) electrons. The molecule has 18 heavy (non-hydrogen) atoms. The molecule has 1 aliphatic heterocycles. The lowest BCUT2D eigenvalue weighted by atomic mass is 10.1. The van der Waals surface area contributed by atoms with E-state index in [1.807, 2.05) is 0 Å². The molecule has 0 bridgehead atoms. The van der Waals surface area contributed by atoms with Gasteiger partial charge in [-0.2, -0.15) is 0 Å². The lowest BCUT2D eigenvalue weighted by Crippen LogP contribution is -2.49. The Morgan fingerprint density at radius 3 is 2.44 bits per heavy atom. The average molecular weight is 254 g/mol. The van der Waals surface area contributed by atoms with Crippen molar-refractivity contribution in [1.29, 1.82) is 0 Å². The number of nitrogens with two attached hydrogens (primary N) is 1. The van der Waals surface area contributed by atoms with Crippen molar-refractivity contribution < 1.29 is 4.79 Å². The summed E-state index contributed by atoms with van der Waals surface area (Å²) in [6.07, 6.45) is 7.08. The van der Waals surface area contributed by atoms with E-state index >= 15 is 0 Å². The lowest BCUT2D eigenvalue weighted by Gasteiger charge is -2.38. The third-order valence-electron chi connectivity index (χ3n) is 4.29. The van der Waals surface area contributed by atoms with Crippen molar-refractivity contribution in [3.63, 3.8) is 0 Å². The number of carbonyl (C=O) groups excluding carboxylic acids is 1. The van der Waals surface area contributed by atoms with Crippen LogP contribution in [0.25, 0.3) is 0 Å². The van der Waals surface area contributed by atoms with E-state index in [9.17, 15) is 4.79 Å². The molecule has 3 N–H and O–H groups in total. The zero-order valence-corrected chi connectivity index (χ0v) is 11.2. The fraction of sp³-hybridized carbons (Fsp3) is 0.923. The third kappa shape index (κ3) is 3.93. The van der Waals surface area contributed by atoms with E-state index in [0.29, 0.717) is 6.42 Å². The highest BCUT2D eigenvalue weighted by molar-refractivity contribution is 5.75. The number of carbonyl (C=O) groups is 1. The summed E-state index contributed by atoms with van der Waals surface area (Å²) < 4.78 is 0. The first-order valence-corrected chi connectivity index (χ1v) is 7.25. The average Bonchev–Trinajstić information content (AvgIpc) is 2.93. The largest absolute Gasteiger partial charge is 0.301 e. The molecule has 0 spiro atoms. The quantitative estimate of drug-likeness (QED) is 0.421. The molecule has 0 aromatic heterocycles. The van der Waals surface area contributed by atoms with Gasteiger partial charge in [-0.15, -0.1) is 0 Å². The van der Waals surface area contributed by atoms with E-state index in [0.717, 1.165) is 32.1 Å². The molecule has 5 heteroatoms. The van der Waals surface area contributed by atoms with Gasteiger partial charge in [-0.05, 0) is 25.8 Å². The second-order valence-electron chi connectivity index (χ2n) is 5.49. The van der Waals surface area contributed by atoms with E-state index in [1.54, 1.807) is 0 Å². The van der Waals surface area contributed by atoms with Crippen LogP contribution in [0.5, 0.6) is 0 Å². The molecule has 1 heterocycles. The van der Waals surface area contributed by atoms with Gasteiger partial charge in [0.1, 0.15) is 0 Å². The van der Waals surface area contributed by atoms with Crippen molar-refractivity contribution in [2.45, 2.75) is 44.6 Å². The fourth-order valence-corrected chi connectivity index (χ4v) is 3.16. The first-order valence-electron chi connectivity index (χ1n) is 7.25. The number of nitrogens with one attached hydrogen (secondary N) is 1. The minimum absolute atomic E-state index is 0.0559. The Morgan fingerprint density at radius 1 is 1.17 bits per heavy atom. The Kier molecular flexibility index (Phi) is 5.41. The van der Waals surface area contributed by atoms with Crippen molar-refractivity contribution in [3.8, 4) is 0 Å². The van der Waals surface area contributed by atoms with Crippen LogP contribution < -0.4 is 11.3 Å². The second kappa shape index (κ2) is 7.07. The van der Waals surface area contributed by atoms with Crippen LogP contribution in [0.2, 0.25) is 0 Å². The zero-order chi connectivity index (χ0) is 12.8. The molecule has 0 atom stereocenters. The van der Waals surface area contributed by atoms with E-state index in [1.165, 1.54) is 38.8 Å². The molecule has 1 aliphatic carbocycles. The minimum Gasteiger partial charge on any atom is -0.301 e. The van der Waals surface area contributed by atoms with Crippen LogP contribution in [-0.4, -0.2) is 54.5 Å². The van der Waals surface area contributed by atoms with Crippen molar-refractivity contribution in [3.05, 3.63) is 0 Å². The SMILES string of the molecule is NNC(=O)CCCN1CCN(C2CCCC2)CC1. The molecule has 104 valence electrons. The Hall–Kier alpha value is -0.650. The Balaban J connectivity index is 1.59. The second-order valence-corrected chi connectivity index (χ2v) is 5.49. The predicted molar refractivity (Wildman–Crippen MR) is 71.8 cm³/mol. The number of piperazine rings is 1. The molecule has 0 aromatic rings. The predicted octanol–water partition coefficient (Wildman–Crippen LogP) is 0.317. The summed E-state index contributed by atoms with van der Waals surface area (Å²) in [5, 5.41) is 0. The molecule has 5 nitrogen and oxygen atoms in total. The number of hydrogen-bond donors (Lipinski definition) is 2. The van der Waals surface area contributed by atoms with Gasteiger partial charge in [-0.25, -0.2) is 5.84 Å². The summed E-state index contributed by atoms with van der Waals surface area (Å²) in [4.78, 5) is 16.1. The molecule has 1 amide bonds. The summed E-state index contributed by atoms with van der Waals surface area (Å²) in [5.74, 6) is 5.00. The standard InChI is InChI=1S/C13H26N4O/c14-15-13(18)6-3-7-16-8-10-17(11-9-16)12-4-1-2-5-12/h12H,1-11,14H2,(H,15,18). The third-order valence-corrected chi connectivity index (χ3v) is 4.29. The molecular weight excluding hydrogens is 228 g/mol. The van der Waals surface area contributed by atoms with Gasteiger partial charge >= 0.3 is 0 Å². The minimum atomic E-state index is -0.0559. The zero-order valence-electron chi connectivity index (χ0n) is 11.2. The van der Waals surface area contributed by atoms with E-state index < -0.39 is 0 Å². The Labute approximate surface area is 110 Å². The van der Waals surface area contributed by atoms with E-state index in [-0.39, 0.29) is 5.91 Å². The first kappa shape index (κ1) is 13.8. The van der Waals surface area contributed by atoms with Crippen molar-refractivity contribution in [2.75, 3.05) is 32.7 Å². The summed E-state index contributed by atoms with van der Waals surface area (Å²) >= 11 is 0. The highest BCUT2D eigenvalue weighted by atomic mass is 16.2. The maximum absolute atomic E-state index is 11.0. The Morgan fingerprint density at radius 2 is 1.83 bits per heavy atom. The molecule has 1 saturated carbocycles. The van der Waals surface area contributed by atoms with Gasteiger partial charge in [0.15, 0.2) is 0 Å². The number of hydrazine groups is 1. The summed E-state index contributed by atoms with van der Waals surface area (Å²) in [6, 6.07) is 0.857. The van der Waals surface area contributed by atoms with Crippen LogP contribution in [0, 0.1) is 0 Å². The maximum Gasteiger partial charge on any atom is 0.233 e. The van der Waals surface area contributed by atoms with Gasteiger partial charge < -0.3 is 4.90 Å². The number of hydrogen-bond acceptors (Lipinski definition) is 4. The molecule has 0 unspecified atom stereocenters. The monoisotopic (exact) mass is 254 g/mol. The summed E-state index contributed by atoms with van der Waals surface area (Å²) in [7, 11) is 0. The fourth-order valence-electron chi connectivity index (χ4n) is 3.16. The topological polar surface area (TPSA) is 61.6 Å². The van der Waals surface area contributed by atoms with Crippen LogP contribution in [0.4, 0.5) is 0 Å². The van der Waals surface area contributed by atoms with Crippen LogP contribution in [0.3, 0.4) is 0 Å². The summed E-state index contributed by atoms with van der Waals surface area (Å²) in [6.45, 7) is 5.73. The van der Waals surface area contributed by atoms with Crippen molar-refractivity contribution in [2.24, 2.45) is 5.84 Å². The highest BCUT2D eigenvalue weighted by Gasteiger charge is 2.25. The molecule has 2 fully saturated rings. The molecule has 2 rings (SSSR count). The number of amides is 1. The van der Waals surface area contributed by atoms with Crippen LogP contribution in [-0.2, 0) is 4.79 Å². The maximum atomic E-state index is 11.0. The van der Waals surface area contributed by atoms with Gasteiger partial charge in [-0.3, -0.25) is 15.1 Å². The van der Waals surface area contributed by atoms with Crippen LogP contribution >= 0.6 is 0 Å². The van der Waals surface area contributed by atoms with E-state index in [2.05, 4.69) is 15.2 Å².